The van der Waals surface area contributed by atoms with Crippen LogP contribution in [0.25, 0.3) is 0 Å². The Hall–Kier alpha value is -2.41. The fourth-order valence-corrected chi connectivity index (χ4v) is 2.82. The number of likely N-dealkylation sites (tertiary alicyclic amines) is 1. The van der Waals surface area contributed by atoms with E-state index in [1.807, 2.05) is 6.92 Å². The SMILES string of the molecule is CCc1ncnc(O[C@H]2CCN(C(=O)Nc3ccccc3Cl)C2)c1F. The molecular weight excluding hydrogens is 347 g/mol. The Morgan fingerprint density at radius 1 is 1.44 bits per heavy atom. The van der Waals surface area contributed by atoms with Crippen molar-refractivity contribution in [3.05, 3.63) is 47.1 Å². The summed E-state index contributed by atoms with van der Waals surface area (Å²) in [4.78, 5) is 21.7. The topological polar surface area (TPSA) is 67.4 Å². The molecule has 0 aliphatic carbocycles. The quantitative estimate of drug-likeness (QED) is 0.901. The van der Waals surface area contributed by atoms with Crippen LogP contribution in [-0.4, -0.2) is 40.1 Å². The first-order valence-electron chi connectivity index (χ1n) is 8.05. The maximum atomic E-state index is 14.2. The molecule has 8 heteroatoms. The number of amides is 2. The minimum Gasteiger partial charge on any atom is -0.470 e. The van der Waals surface area contributed by atoms with Gasteiger partial charge in [-0.05, 0) is 18.6 Å². The third kappa shape index (κ3) is 3.99. The van der Waals surface area contributed by atoms with E-state index in [0.29, 0.717) is 42.3 Å². The molecule has 0 unspecified atom stereocenters. The number of aryl methyl sites for hydroxylation is 1. The van der Waals surface area contributed by atoms with Crippen molar-refractivity contribution in [2.45, 2.75) is 25.9 Å². The zero-order chi connectivity index (χ0) is 17.8. The Balaban J connectivity index is 1.60. The fourth-order valence-electron chi connectivity index (χ4n) is 2.64. The highest BCUT2D eigenvalue weighted by atomic mass is 35.5. The van der Waals surface area contributed by atoms with E-state index in [2.05, 4.69) is 15.3 Å². The smallest absolute Gasteiger partial charge is 0.322 e. The monoisotopic (exact) mass is 364 g/mol. The molecule has 1 aliphatic heterocycles. The highest BCUT2D eigenvalue weighted by molar-refractivity contribution is 6.33. The van der Waals surface area contributed by atoms with E-state index in [9.17, 15) is 9.18 Å². The van der Waals surface area contributed by atoms with Gasteiger partial charge >= 0.3 is 6.03 Å². The number of hydrogen-bond acceptors (Lipinski definition) is 4. The van der Waals surface area contributed by atoms with Crippen molar-refractivity contribution in [2.24, 2.45) is 0 Å². The van der Waals surface area contributed by atoms with Crippen molar-refractivity contribution in [3.63, 3.8) is 0 Å². The predicted molar refractivity (Wildman–Crippen MR) is 92.4 cm³/mol. The number of carbonyl (C=O) groups is 1. The number of nitrogens with zero attached hydrogens (tertiary/aromatic N) is 3. The van der Waals surface area contributed by atoms with E-state index < -0.39 is 5.82 Å². The standard InChI is InChI=1S/C17H18ClFN4O2/c1-2-13-15(19)16(21-10-20-13)25-11-7-8-23(9-11)17(24)22-14-6-4-3-5-12(14)18/h3-6,10-11H,2,7-9H2,1H3,(H,22,24)/t11-/m0/s1. The molecule has 1 fully saturated rings. The summed E-state index contributed by atoms with van der Waals surface area (Å²) in [5.74, 6) is -0.603. The van der Waals surface area contributed by atoms with Crippen molar-refractivity contribution in [1.29, 1.82) is 0 Å². The van der Waals surface area contributed by atoms with E-state index in [1.54, 1.807) is 29.2 Å². The van der Waals surface area contributed by atoms with Crippen molar-refractivity contribution in [3.8, 4) is 5.88 Å². The molecule has 1 N–H and O–H groups in total. The van der Waals surface area contributed by atoms with E-state index in [4.69, 9.17) is 16.3 Å². The lowest BCUT2D eigenvalue weighted by Crippen LogP contribution is -2.34. The van der Waals surface area contributed by atoms with Crippen LogP contribution >= 0.6 is 11.6 Å². The summed E-state index contributed by atoms with van der Waals surface area (Å²) < 4.78 is 19.8. The summed E-state index contributed by atoms with van der Waals surface area (Å²) in [5.41, 5.74) is 0.865. The molecule has 1 aliphatic rings. The van der Waals surface area contributed by atoms with Crippen LogP contribution < -0.4 is 10.1 Å². The molecule has 0 bridgehead atoms. The lowest BCUT2D eigenvalue weighted by Gasteiger charge is -2.18. The maximum Gasteiger partial charge on any atom is 0.322 e. The van der Waals surface area contributed by atoms with Crippen LogP contribution in [0.4, 0.5) is 14.9 Å². The number of halogens is 2. The van der Waals surface area contributed by atoms with Crippen molar-refractivity contribution >= 4 is 23.3 Å². The number of carbonyl (C=O) groups excluding carboxylic acids is 1. The Morgan fingerprint density at radius 2 is 2.24 bits per heavy atom. The first-order valence-corrected chi connectivity index (χ1v) is 8.42. The van der Waals surface area contributed by atoms with Crippen molar-refractivity contribution < 1.29 is 13.9 Å². The first-order chi connectivity index (χ1) is 12.1. The highest BCUT2D eigenvalue weighted by Crippen LogP contribution is 2.23. The van der Waals surface area contributed by atoms with Crippen molar-refractivity contribution in [2.75, 3.05) is 18.4 Å². The second-order valence-corrected chi connectivity index (χ2v) is 6.08. The minimum absolute atomic E-state index is 0.0646. The molecule has 2 aromatic rings. The van der Waals surface area contributed by atoms with Gasteiger partial charge < -0.3 is 15.0 Å². The zero-order valence-electron chi connectivity index (χ0n) is 13.7. The van der Waals surface area contributed by atoms with Gasteiger partial charge in [0.2, 0.25) is 5.82 Å². The molecule has 0 spiro atoms. The van der Waals surface area contributed by atoms with Gasteiger partial charge in [0.1, 0.15) is 12.4 Å². The Labute approximate surface area is 150 Å². The largest absolute Gasteiger partial charge is 0.470 e. The van der Waals surface area contributed by atoms with Crippen LogP contribution in [0.15, 0.2) is 30.6 Å². The number of nitrogens with one attached hydrogen (secondary N) is 1. The molecule has 25 heavy (non-hydrogen) atoms. The fraction of sp³-hybridized carbons (Fsp3) is 0.353. The summed E-state index contributed by atoms with van der Waals surface area (Å²) in [6, 6.07) is 6.75. The third-order valence-corrected chi connectivity index (χ3v) is 4.32. The van der Waals surface area contributed by atoms with Crippen LogP contribution in [0.5, 0.6) is 5.88 Å². The summed E-state index contributed by atoms with van der Waals surface area (Å²) in [7, 11) is 0. The molecule has 6 nitrogen and oxygen atoms in total. The molecule has 1 aromatic carbocycles. The summed E-state index contributed by atoms with van der Waals surface area (Å²) >= 11 is 6.04. The van der Waals surface area contributed by atoms with Crippen LogP contribution in [0, 0.1) is 5.82 Å². The first kappa shape index (κ1) is 17.4. The lowest BCUT2D eigenvalue weighted by atomic mass is 10.3. The number of rotatable bonds is 4. The number of para-hydroxylation sites is 1. The minimum atomic E-state index is -0.538. The average molecular weight is 365 g/mol. The number of anilines is 1. The van der Waals surface area contributed by atoms with Crippen LogP contribution in [-0.2, 0) is 6.42 Å². The van der Waals surface area contributed by atoms with Crippen LogP contribution in [0.1, 0.15) is 19.0 Å². The number of ether oxygens (including phenoxy) is 1. The normalized spacial score (nSPS) is 16.8. The molecule has 1 saturated heterocycles. The number of benzene rings is 1. The highest BCUT2D eigenvalue weighted by Gasteiger charge is 2.29. The average Bonchev–Trinajstić information content (AvgIpc) is 3.07. The summed E-state index contributed by atoms with van der Waals surface area (Å²) in [6.45, 7) is 2.67. The maximum absolute atomic E-state index is 14.2. The number of hydrogen-bond donors (Lipinski definition) is 1. The van der Waals surface area contributed by atoms with Gasteiger partial charge in [0.05, 0.1) is 22.9 Å². The molecule has 0 radical (unpaired) electrons. The molecule has 1 aromatic heterocycles. The van der Waals surface area contributed by atoms with E-state index >= 15 is 0 Å². The zero-order valence-corrected chi connectivity index (χ0v) is 14.5. The van der Waals surface area contributed by atoms with Gasteiger partial charge in [0.15, 0.2) is 0 Å². The summed E-state index contributed by atoms with van der Waals surface area (Å²) in [5, 5.41) is 3.24. The third-order valence-electron chi connectivity index (χ3n) is 3.99. The summed E-state index contributed by atoms with van der Waals surface area (Å²) in [6.07, 6.45) is 2.03. The molecule has 2 heterocycles. The molecule has 0 saturated carbocycles. The van der Waals surface area contributed by atoms with E-state index in [-0.39, 0.29) is 18.0 Å². The van der Waals surface area contributed by atoms with Gasteiger partial charge in [0, 0.05) is 13.0 Å². The number of urea groups is 1. The molecule has 3 rings (SSSR count). The van der Waals surface area contributed by atoms with Crippen LogP contribution in [0.2, 0.25) is 5.02 Å². The predicted octanol–water partition coefficient (Wildman–Crippen LogP) is 3.52. The Kier molecular flexibility index (Phi) is 5.33. The van der Waals surface area contributed by atoms with Gasteiger partial charge in [-0.2, -0.15) is 9.37 Å². The van der Waals surface area contributed by atoms with Gasteiger partial charge in [-0.1, -0.05) is 30.7 Å². The van der Waals surface area contributed by atoms with Gasteiger partial charge in [-0.25, -0.2) is 9.78 Å². The van der Waals surface area contributed by atoms with E-state index in [0.717, 1.165) is 0 Å². The molecule has 2 amide bonds. The van der Waals surface area contributed by atoms with Crippen molar-refractivity contribution in [1.82, 2.24) is 14.9 Å². The Bertz CT molecular complexity index is 774. The number of aromatic nitrogens is 2. The van der Waals surface area contributed by atoms with E-state index in [1.165, 1.54) is 6.33 Å². The Morgan fingerprint density at radius 3 is 3.00 bits per heavy atom. The van der Waals surface area contributed by atoms with Crippen LogP contribution in [0.3, 0.4) is 0 Å². The molecule has 132 valence electrons. The van der Waals surface area contributed by atoms with Gasteiger partial charge in [0.25, 0.3) is 5.88 Å². The molecular formula is C17H18ClFN4O2. The second kappa shape index (κ2) is 7.65. The second-order valence-electron chi connectivity index (χ2n) is 5.68. The van der Waals surface area contributed by atoms with Gasteiger partial charge in [-0.3, -0.25) is 0 Å². The molecule has 1 atom stereocenters. The lowest BCUT2D eigenvalue weighted by molar-refractivity contribution is 0.182. The van der Waals surface area contributed by atoms with Gasteiger partial charge in [-0.15, -0.1) is 0 Å².